The molecule has 0 unspecified atom stereocenters. The molecule has 1 amide bonds. The fraction of sp³-hybridized carbons (Fsp3) is 0.357. The van der Waals surface area contributed by atoms with Gasteiger partial charge in [0.25, 0.3) is 5.91 Å². The first kappa shape index (κ1) is 16.6. The fourth-order valence-corrected chi connectivity index (χ4v) is 2.77. The van der Waals surface area contributed by atoms with Crippen LogP contribution >= 0.6 is 22.9 Å². The molecular weight excluding hydrogens is 327 g/mol. The number of aromatic nitrogens is 2. The van der Waals surface area contributed by atoms with Gasteiger partial charge in [-0.2, -0.15) is 14.6 Å². The third-order valence-electron chi connectivity index (χ3n) is 3.18. The van der Waals surface area contributed by atoms with Crippen molar-refractivity contribution < 1.29 is 9.18 Å². The molecule has 0 aliphatic heterocycles. The predicted octanol–water partition coefficient (Wildman–Crippen LogP) is 3.46. The number of nitrogens with zero attached hydrogens (tertiary/aromatic N) is 3. The third kappa shape index (κ3) is 3.53. The standard InChI is InChI=1S/C14H16ClFN4OS/c1-4-11(20-9(3)13(15)8(2)19-20)14(21)18-17-7-10-5-6-12(16)22-10/h5-7,11H,4H2,1-3H3,(H,18,21)/b17-7-/t11-/m1/s1. The van der Waals surface area contributed by atoms with E-state index in [1.165, 1.54) is 12.3 Å². The van der Waals surface area contributed by atoms with E-state index in [-0.39, 0.29) is 11.0 Å². The molecule has 1 N–H and O–H groups in total. The van der Waals surface area contributed by atoms with E-state index in [0.29, 0.717) is 22.0 Å². The number of thiophene rings is 1. The SMILES string of the molecule is CC[C@H](C(=O)N/N=C\c1ccc(F)s1)n1nc(C)c(Cl)c1C. The van der Waals surface area contributed by atoms with Crippen molar-refractivity contribution in [3.8, 4) is 0 Å². The molecule has 0 radical (unpaired) electrons. The van der Waals surface area contributed by atoms with E-state index in [2.05, 4.69) is 15.6 Å². The second-order valence-corrected chi connectivity index (χ2v) is 6.17. The second-order valence-electron chi connectivity index (χ2n) is 4.73. The first-order chi connectivity index (χ1) is 10.4. The summed E-state index contributed by atoms with van der Waals surface area (Å²) in [6, 6.07) is 2.44. The van der Waals surface area contributed by atoms with Crippen LogP contribution in [0.3, 0.4) is 0 Å². The molecule has 0 aromatic carbocycles. The van der Waals surface area contributed by atoms with Crippen molar-refractivity contribution >= 4 is 35.1 Å². The molecule has 8 heteroatoms. The van der Waals surface area contributed by atoms with E-state index in [1.54, 1.807) is 17.7 Å². The Morgan fingerprint density at radius 2 is 2.32 bits per heavy atom. The maximum absolute atomic E-state index is 12.8. The smallest absolute Gasteiger partial charge is 0.264 e. The molecule has 0 saturated carbocycles. The number of hydrogen-bond donors (Lipinski definition) is 1. The molecule has 118 valence electrons. The van der Waals surface area contributed by atoms with Crippen LogP contribution in [0.1, 0.15) is 35.7 Å². The van der Waals surface area contributed by atoms with Crippen molar-refractivity contribution in [1.29, 1.82) is 0 Å². The summed E-state index contributed by atoms with van der Waals surface area (Å²) >= 11 is 7.07. The maximum atomic E-state index is 12.8. The fourth-order valence-electron chi connectivity index (χ4n) is 2.05. The predicted molar refractivity (Wildman–Crippen MR) is 86.1 cm³/mol. The lowest BCUT2D eigenvalue weighted by atomic mass is 10.2. The van der Waals surface area contributed by atoms with Gasteiger partial charge in [0, 0.05) is 0 Å². The minimum absolute atomic E-state index is 0.293. The quantitative estimate of drug-likeness (QED) is 0.668. The Morgan fingerprint density at radius 3 is 2.82 bits per heavy atom. The Labute approximate surface area is 136 Å². The van der Waals surface area contributed by atoms with E-state index < -0.39 is 6.04 Å². The summed E-state index contributed by atoms with van der Waals surface area (Å²) in [6.45, 7) is 5.49. The lowest BCUT2D eigenvalue weighted by Crippen LogP contribution is -2.30. The number of hydrogen-bond acceptors (Lipinski definition) is 4. The Morgan fingerprint density at radius 1 is 1.59 bits per heavy atom. The molecule has 0 bridgehead atoms. The highest BCUT2D eigenvalue weighted by atomic mass is 35.5. The van der Waals surface area contributed by atoms with Crippen molar-refractivity contribution in [3.63, 3.8) is 0 Å². The van der Waals surface area contributed by atoms with Gasteiger partial charge in [-0.15, -0.1) is 11.3 Å². The van der Waals surface area contributed by atoms with Gasteiger partial charge in [0.2, 0.25) is 0 Å². The molecule has 0 aliphatic rings. The van der Waals surface area contributed by atoms with Crippen LogP contribution < -0.4 is 5.43 Å². The van der Waals surface area contributed by atoms with E-state index in [1.807, 2.05) is 13.8 Å². The van der Waals surface area contributed by atoms with Gasteiger partial charge >= 0.3 is 0 Å². The topological polar surface area (TPSA) is 59.3 Å². The lowest BCUT2D eigenvalue weighted by Gasteiger charge is -2.15. The molecule has 2 aromatic heterocycles. The summed E-state index contributed by atoms with van der Waals surface area (Å²) in [6.07, 6.45) is 1.96. The summed E-state index contributed by atoms with van der Waals surface area (Å²) in [7, 11) is 0. The van der Waals surface area contributed by atoms with Gasteiger partial charge in [0.05, 0.1) is 27.5 Å². The second kappa shape index (κ2) is 7.02. The summed E-state index contributed by atoms with van der Waals surface area (Å²) in [5.74, 6) is -0.293. The minimum atomic E-state index is -0.497. The molecule has 22 heavy (non-hydrogen) atoms. The highest BCUT2D eigenvalue weighted by molar-refractivity contribution is 7.12. The van der Waals surface area contributed by atoms with Crippen LogP contribution in [-0.4, -0.2) is 21.9 Å². The van der Waals surface area contributed by atoms with Crippen LogP contribution in [0.4, 0.5) is 4.39 Å². The van der Waals surface area contributed by atoms with Gasteiger partial charge in [-0.25, -0.2) is 5.43 Å². The highest BCUT2D eigenvalue weighted by Crippen LogP contribution is 2.23. The van der Waals surface area contributed by atoms with Gasteiger partial charge in [0.15, 0.2) is 5.13 Å². The number of rotatable bonds is 5. The van der Waals surface area contributed by atoms with Crippen molar-refractivity contribution in [2.24, 2.45) is 5.10 Å². The summed E-state index contributed by atoms with van der Waals surface area (Å²) < 4.78 is 14.5. The average Bonchev–Trinajstić information content (AvgIpc) is 3.00. The van der Waals surface area contributed by atoms with Crippen LogP contribution in [0.2, 0.25) is 5.02 Å². The molecule has 2 heterocycles. The maximum Gasteiger partial charge on any atom is 0.264 e. The number of nitrogens with one attached hydrogen (secondary N) is 1. The molecule has 0 aliphatic carbocycles. The normalized spacial score (nSPS) is 12.8. The largest absolute Gasteiger partial charge is 0.271 e. The van der Waals surface area contributed by atoms with Crippen molar-refractivity contribution in [2.45, 2.75) is 33.2 Å². The summed E-state index contributed by atoms with van der Waals surface area (Å²) in [4.78, 5) is 12.9. The number of amides is 1. The van der Waals surface area contributed by atoms with Gasteiger partial charge in [-0.05, 0) is 32.4 Å². The Bertz CT molecular complexity index is 710. The van der Waals surface area contributed by atoms with Gasteiger partial charge < -0.3 is 0 Å². The van der Waals surface area contributed by atoms with Gasteiger partial charge in [-0.1, -0.05) is 18.5 Å². The number of carbonyl (C=O) groups is 1. The Balaban J connectivity index is 2.09. The number of halogens is 2. The Kier molecular flexibility index (Phi) is 5.31. The minimum Gasteiger partial charge on any atom is -0.271 e. The summed E-state index contributed by atoms with van der Waals surface area (Å²) in [5.41, 5.74) is 3.88. The van der Waals surface area contributed by atoms with Crippen LogP contribution in [-0.2, 0) is 4.79 Å². The summed E-state index contributed by atoms with van der Waals surface area (Å²) in [5, 5.41) is 8.41. The number of aryl methyl sites for hydroxylation is 1. The monoisotopic (exact) mass is 342 g/mol. The third-order valence-corrected chi connectivity index (χ3v) is 4.54. The van der Waals surface area contributed by atoms with E-state index in [9.17, 15) is 9.18 Å². The number of carbonyl (C=O) groups excluding carboxylic acids is 1. The lowest BCUT2D eigenvalue weighted by molar-refractivity contribution is -0.124. The van der Waals surface area contributed by atoms with Gasteiger partial charge in [0.1, 0.15) is 6.04 Å². The molecule has 5 nitrogen and oxygen atoms in total. The van der Waals surface area contributed by atoms with Gasteiger partial charge in [-0.3, -0.25) is 9.48 Å². The van der Waals surface area contributed by atoms with Crippen LogP contribution in [0.25, 0.3) is 0 Å². The highest BCUT2D eigenvalue weighted by Gasteiger charge is 2.22. The molecular formula is C14H16ClFN4OS. The zero-order valence-corrected chi connectivity index (χ0v) is 14.0. The first-order valence-corrected chi connectivity index (χ1v) is 7.93. The Hall–Kier alpha value is -1.73. The van der Waals surface area contributed by atoms with Crippen molar-refractivity contribution in [1.82, 2.24) is 15.2 Å². The van der Waals surface area contributed by atoms with E-state index in [0.717, 1.165) is 17.0 Å². The molecule has 2 aromatic rings. The molecule has 0 saturated heterocycles. The first-order valence-electron chi connectivity index (χ1n) is 6.73. The molecule has 0 fully saturated rings. The molecule has 0 spiro atoms. The van der Waals surface area contributed by atoms with Crippen molar-refractivity contribution in [2.75, 3.05) is 0 Å². The number of hydrazone groups is 1. The zero-order valence-electron chi connectivity index (χ0n) is 12.4. The van der Waals surface area contributed by atoms with Crippen LogP contribution in [0.5, 0.6) is 0 Å². The molecule has 2 rings (SSSR count). The van der Waals surface area contributed by atoms with Crippen LogP contribution in [0.15, 0.2) is 17.2 Å². The van der Waals surface area contributed by atoms with E-state index in [4.69, 9.17) is 11.6 Å². The van der Waals surface area contributed by atoms with Crippen molar-refractivity contribution in [3.05, 3.63) is 38.6 Å². The molecule has 1 atom stereocenters. The van der Waals surface area contributed by atoms with Crippen LogP contribution in [0, 0.1) is 19.0 Å². The zero-order chi connectivity index (χ0) is 16.3. The van der Waals surface area contributed by atoms with E-state index >= 15 is 0 Å². The average molecular weight is 343 g/mol.